The van der Waals surface area contributed by atoms with Gasteiger partial charge in [-0.25, -0.2) is 0 Å². The molecule has 0 saturated carbocycles. The maximum absolute atomic E-state index is 9.49. The molecule has 0 saturated heterocycles. The summed E-state index contributed by atoms with van der Waals surface area (Å²) in [6.07, 6.45) is 0. The average Bonchev–Trinajstić information content (AvgIpc) is 2.25. The molecule has 1 aromatic rings. The third-order valence-corrected chi connectivity index (χ3v) is 5.07. The van der Waals surface area contributed by atoms with Gasteiger partial charge in [0.25, 0.3) is 0 Å². The van der Waals surface area contributed by atoms with Crippen molar-refractivity contribution in [1.29, 1.82) is 5.26 Å². The Kier molecular flexibility index (Phi) is 4.38. The zero-order valence-corrected chi connectivity index (χ0v) is 12.7. The van der Waals surface area contributed by atoms with Gasteiger partial charge >= 0.3 is 7.12 Å². The van der Waals surface area contributed by atoms with Crippen LogP contribution in [0.25, 0.3) is 0 Å². The van der Waals surface area contributed by atoms with Crippen LogP contribution in [0.15, 0.2) is 12.1 Å². The van der Waals surface area contributed by atoms with E-state index in [1.54, 1.807) is 6.07 Å². The smallest absolute Gasteiger partial charge is 0.423 e. The van der Waals surface area contributed by atoms with Crippen molar-refractivity contribution in [1.82, 2.24) is 0 Å². The van der Waals surface area contributed by atoms with Gasteiger partial charge in [-0.3, -0.25) is 0 Å². The molecule has 0 heterocycles. The highest BCUT2D eigenvalue weighted by Crippen LogP contribution is 2.19. The molecule has 0 aliphatic heterocycles. The molecule has 0 bridgehead atoms. The number of rotatable bonds is 3. The summed E-state index contributed by atoms with van der Waals surface area (Å²) in [6.45, 7) is 10.4. The van der Waals surface area contributed by atoms with E-state index in [0.29, 0.717) is 11.0 Å². The van der Waals surface area contributed by atoms with E-state index in [1.165, 1.54) is 0 Å². The number of benzene rings is 1. The predicted molar refractivity (Wildman–Crippen MR) is 78.1 cm³/mol. The van der Waals surface area contributed by atoms with Crippen LogP contribution >= 0.6 is 0 Å². The summed E-state index contributed by atoms with van der Waals surface area (Å²) in [7, 11) is -3.34. The monoisotopic (exact) mass is 261 g/mol. The maximum Gasteiger partial charge on any atom is 0.488 e. The Hall–Kier alpha value is -1.09. The van der Waals surface area contributed by atoms with Crippen LogP contribution in [0.3, 0.4) is 0 Å². The second-order valence-electron chi connectivity index (χ2n) is 5.88. The standard InChI is InChI=1S/C13H20BNO2Si/c1-9(2)10-6-7-12(14(16)17)13(11(10)8-15)18(3,4)5/h6-7,9,16-17H,1-5H3. The fourth-order valence-electron chi connectivity index (χ4n) is 2.26. The molecule has 0 aliphatic carbocycles. The summed E-state index contributed by atoms with van der Waals surface area (Å²) in [5.41, 5.74) is 2.10. The van der Waals surface area contributed by atoms with E-state index in [1.807, 2.05) is 19.9 Å². The van der Waals surface area contributed by atoms with Gasteiger partial charge in [0, 0.05) is 0 Å². The Balaban J connectivity index is 3.69. The lowest BCUT2D eigenvalue weighted by molar-refractivity contribution is 0.426. The van der Waals surface area contributed by atoms with E-state index in [2.05, 4.69) is 25.7 Å². The van der Waals surface area contributed by atoms with E-state index in [4.69, 9.17) is 0 Å². The van der Waals surface area contributed by atoms with Crippen LogP contribution in [-0.2, 0) is 0 Å². The van der Waals surface area contributed by atoms with Gasteiger partial charge in [0.15, 0.2) is 0 Å². The lowest BCUT2D eigenvalue weighted by atomic mass is 9.78. The third kappa shape index (κ3) is 2.83. The molecule has 0 fully saturated rings. The minimum Gasteiger partial charge on any atom is -0.423 e. The summed E-state index contributed by atoms with van der Waals surface area (Å²) in [5, 5.41) is 29.3. The number of nitrogens with zero attached hydrogens (tertiary/aromatic N) is 1. The molecular weight excluding hydrogens is 241 g/mol. The van der Waals surface area contributed by atoms with Gasteiger partial charge in [0.05, 0.1) is 19.7 Å². The summed E-state index contributed by atoms with van der Waals surface area (Å²) in [6, 6.07) is 5.84. The first kappa shape index (κ1) is 15.0. The largest absolute Gasteiger partial charge is 0.488 e. The predicted octanol–water partition coefficient (Wildman–Crippen LogP) is 0.907. The molecule has 0 spiro atoms. The summed E-state index contributed by atoms with van der Waals surface area (Å²) in [5.74, 6) is 0.250. The van der Waals surface area contributed by atoms with E-state index in [0.717, 1.165) is 10.8 Å². The lowest BCUT2D eigenvalue weighted by Crippen LogP contribution is -2.55. The van der Waals surface area contributed by atoms with E-state index in [9.17, 15) is 15.3 Å². The third-order valence-electron chi connectivity index (χ3n) is 3.03. The maximum atomic E-state index is 9.49. The second-order valence-corrected chi connectivity index (χ2v) is 10.9. The average molecular weight is 261 g/mol. The first-order chi connectivity index (χ1) is 8.20. The summed E-state index contributed by atoms with van der Waals surface area (Å²) in [4.78, 5) is 0. The highest BCUT2D eigenvalue weighted by molar-refractivity contribution is 6.92. The van der Waals surface area contributed by atoms with Crippen molar-refractivity contribution in [3.05, 3.63) is 23.3 Å². The van der Waals surface area contributed by atoms with Crippen molar-refractivity contribution in [3.63, 3.8) is 0 Å². The molecule has 2 N–H and O–H groups in total. The molecule has 0 radical (unpaired) electrons. The molecule has 0 amide bonds. The molecule has 1 rings (SSSR count). The fraction of sp³-hybridized carbons (Fsp3) is 0.462. The number of hydrogen-bond donors (Lipinski definition) is 2. The van der Waals surface area contributed by atoms with Crippen molar-refractivity contribution in [2.45, 2.75) is 39.4 Å². The van der Waals surface area contributed by atoms with Crippen LogP contribution in [0.1, 0.15) is 30.9 Å². The van der Waals surface area contributed by atoms with E-state index in [-0.39, 0.29) is 5.92 Å². The number of hydrogen-bond acceptors (Lipinski definition) is 3. The zero-order chi connectivity index (χ0) is 14.1. The minimum absolute atomic E-state index is 0.250. The topological polar surface area (TPSA) is 64.2 Å². The Morgan fingerprint density at radius 2 is 1.78 bits per heavy atom. The molecule has 18 heavy (non-hydrogen) atoms. The highest BCUT2D eigenvalue weighted by Gasteiger charge is 2.30. The molecule has 5 heteroatoms. The van der Waals surface area contributed by atoms with Crippen molar-refractivity contribution in [2.75, 3.05) is 0 Å². The van der Waals surface area contributed by atoms with E-state index < -0.39 is 15.2 Å². The fourth-order valence-corrected chi connectivity index (χ4v) is 4.29. The van der Waals surface area contributed by atoms with Crippen LogP contribution in [0.2, 0.25) is 19.6 Å². The Morgan fingerprint density at radius 1 is 1.22 bits per heavy atom. The molecule has 1 aromatic carbocycles. The highest BCUT2D eigenvalue weighted by atomic mass is 28.3. The lowest BCUT2D eigenvalue weighted by Gasteiger charge is -2.25. The van der Waals surface area contributed by atoms with Gasteiger partial charge in [0.2, 0.25) is 0 Å². The Morgan fingerprint density at radius 3 is 2.11 bits per heavy atom. The quantitative estimate of drug-likeness (QED) is 0.795. The normalized spacial score (nSPS) is 11.5. The van der Waals surface area contributed by atoms with Crippen LogP contribution < -0.4 is 10.6 Å². The minimum atomic E-state index is -1.83. The summed E-state index contributed by atoms with van der Waals surface area (Å²) < 4.78 is 0. The number of nitriles is 1. The van der Waals surface area contributed by atoms with Crippen LogP contribution in [0.5, 0.6) is 0 Å². The molecule has 0 aliphatic rings. The molecule has 96 valence electrons. The SMILES string of the molecule is CC(C)c1ccc(B(O)O)c([Si](C)(C)C)c1C#N. The first-order valence-electron chi connectivity index (χ1n) is 6.13. The van der Waals surface area contributed by atoms with Gasteiger partial charge < -0.3 is 10.0 Å². The molecule has 3 nitrogen and oxygen atoms in total. The van der Waals surface area contributed by atoms with Crippen molar-refractivity contribution in [2.24, 2.45) is 0 Å². The van der Waals surface area contributed by atoms with Crippen molar-refractivity contribution in [3.8, 4) is 6.07 Å². The first-order valence-corrected chi connectivity index (χ1v) is 9.63. The Labute approximate surface area is 110 Å². The van der Waals surface area contributed by atoms with Crippen molar-refractivity contribution < 1.29 is 10.0 Å². The second kappa shape index (κ2) is 5.27. The van der Waals surface area contributed by atoms with E-state index >= 15 is 0 Å². The van der Waals surface area contributed by atoms with Gasteiger partial charge in [-0.1, -0.05) is 45.6 Å². The molecule has 0 atom stereocenters. The molecular formula is C13H20BNO2Si. The Bertz CT molecular complexity index is 487. The van der Waals surface area contributed by atoms with Crippen LogP contribution in [-0.4, -0.2) is 25.2 Å². The summed E-state index contributed by atoms with van der Waals surface area (Å²) >= 11 is 0. The van der Waals surface area contributed by atoms with Crippen LogP contribution in [0.4, 0.5) is 0 Å². The van der Waals surface area contributed by atoms with Gasteiger partial charge in [-0.2, -0.15) is 5.26 Å². The van der Waals surface area contributed by atoms with Gasteiger partial charge in [-0.05, 0) is 22.1 Å². The molecule has 0 aromatic heterocycles. The van der Waals surface area contributed by atoms with Crippen LogP contribution in [0, 0.1) is 11.3 Å². The van der Waals surface area contributed by atoms with Crippen molar-refractivity contribution >= 4 is 25.8 Å². The zero-order valence-electron chi connectivity index (χ0n) is 11.7. The van der Waals surface area contributed by atoms with Gasteiger partial charge in [-0.15, -0.1) is 0 Å². The van der Waals surface area contributed by atoms with Gasteiger partial charge in [0.1, 0.15) is 0 Å². The molecule has 0 unspecified atom stereocenters.